The van der Waals surface area contributed by atoms with Gasteiger partial charge in [-0.2, -0.15) is 0 Å². The number of aromatic nitrogens is 1. The lowest BCUT2D eigenvalue weighted by atomic mass is 10.0. The molecule has 0 unspecified atom stereocenters. The van der Waals surface area contributed by atoms with Crippen LogP contribution in [0.15, 0.2) is 45.8 Å². The van der Waals surface area contributed by atoms with Crippen LogP contribution in [0.2, 0.25) is 0 Å². The lowest BCUT2D eigenvalue weighted by Gasteiger charge is -2.40. The van der Waals surface area contributed by atoms with Gasteiger partial charge in [0.1, 0.15) is 11.6 Å². The first-order chi connectivity index (χ1) is 16.9. The van der Waals surface area contributed by atoms with Crippen molar-refractivity contribution in [3.63, 3.8) is 0 Å². The summed E-state index contributed by atoms with van der Waals surface area (Å²) in [5.74, 6) is 0.407. The second-order valence-corrected chi connectivity index (χ2v) is 11.0. The average Bonchev–Trinajstić information content (AvgIpc) is 3.14. The lowest BCUT2D eigenvalue weighted by molar-refractivity contribution is 0.00160. The Morgan fingerprint density at radius 1 is 1.14 bits per heavy atom. The van der Waals surface area contributed by atoms with E-state index < -0.39 is 0 Å². The largest absolute Gasteiger partial charge is 0.507 e. The minimum atomic E-state index is -0.268. The number of aryl methyl sites for hydroxylation is 1. The van der Waals surface area contributed by atoms with Crippen molar-refractivity contribution in [2.75, 3.05) is 39.4 Å². The summed E-state index contributed by atoms with van der Waals surface area (Å²) in [6.45, 7) is 4.91. The van der Waals surface area contributed by atoms with Crippen LogP contribution < -0.4 is 0 Å². The van der Waals surface area contributed by atoms with Crippen molar-refractivity contribution >= 4 is 44.5 Å². The van der Waals surface area contributed by atoms with Gasteiger partial charge in [-0.05, 0) is 65.2 Å². The summed E-state index contributed by atoms with van der Waals surface area (Å²) in [6.07, 6.45) is 1.90. The molecule has 0 spiro atoms. The smallest absolute Gasteiger partial charge is 0.256 e. The number of aromatic hydroxyl groups is 1. The van der Waals surface area contributed by atoms with Crippen LogP contribution in [0.4, 0.5) is 4.39 Å². The number of fused-ring (bicyclic) bond motifs is 1. The van der Waals surface area contributed by atoms with Gasteiger partial charge in [-0.15, -0.1) is 11.8 Å². The molecule has 0 saturated carbocycles. The van der Waals surface area contributed by atoms with E-state index in [4.69, 9.17) is 4.74 Å². The first-order valence-electron chi connectivity index (χ1n) is 11.9. The number of carbonyl (C=O) groups is 1. The second-order valence-electron chi connectivity index (χ2n) is 9.12. The molecule has 2 aromatic carbocycles. The third kappa shape index (κ3) is 5.09. The maximum atomic E-state index is 13.9. The quantitative estimate of drug-likeness (QED) is 0.443. The highest BCUT2D eigenvalue weighted by molar-refractivity contribution is 9.10. The first-order valence-corrected chi connectivity index (χ1v) is 13.7. The second kappa shape index (κ2) is 10.5. The number of phenolic OH excluding ortho intramolecular Hbond substituents is 1. The molecule has 1 N–H and O–H groups in total. The Morgan fingerprint density at radius 3 is 2.51 bits per heavy atom. The fourth-order valence-electron chi connectivity index (χ4n) is 5.12. The first kappa shape index (κ1) is 24.6. The highest BCUT2D eigenvalue weighted by Crippen LogP contribution is 2.37. The van der Waals surface area contributed by atoms with Crippen molar-refractivity contribution in [1.82, 2.24) is 14.4 Å². The molecule has 1 aromatic heterocycles. The van der Waals surface area contributed by atoms with Gasteiger partial charge < -0.3 is 19.3 Å². The number of halogens is 2. The number of rotatable bonds is 5. The molecule has 3 aromatic rings. The Kier molecular flexibility index (Phi) is 7.39. The van der Waals surface area contributed by atoms with E-state index in [1.807, 2.05) is 22.6 Å². The minimum Gasteiger partial charge on any atom is -0.507 e. The summed E-state index contributed by atoms with van der Waals surface area (Å²) >= 11 is 4.98. The molecule has 2 aliphatic heterocycles. The third-order valence-electron chi connectivity index (χ3n) is 7.11. The number of ether oxygens (including phenoxy) is 1. The Bertz CT molecular complexity index is 1220. The van der Waals surface area contributed by atoms with E-state index in [0.717, 1.165) is 60.6 Å². The zero-order chi connectivity index (χ0) is 24.5. The van der Waals surface area contributed by atoms with Gasteiger partial charge in [-0.1, -0.05) is 0 Å². The van der Waals surface area contributed by atoms with Gasteiger partial charge in [0, 0.05) is 61.0 Å². The van der Waals surface area contributed by atoms with Crippen LogP contribution in [0, 0.1) is 5.82 Å². The number of likely N-dealkylation sites (tertiary alicyclic amines) is 1. The van der Waals surface area contributed by atoms with Crippen LogP contribution in [-0.2, 0) is 17.5 Å². The number of benzene rings is 2. The summed E-state index contributed by atoms with van der Waals surface area (Å²) in [5, 5.41) is 11.2. The molecular formula is C26H29BrFN3O3S. The SMILES string of the molecule is Cn1c(CSc2ccc(F)cc2)c(C(=O)N2CCC(N3CCOCC3)CC2)c2cc(O)c(Br)cc21. The number of phenols is 1. The number of amides is 1. The van der Waals surface area contributed by atoms with Crippen molar-refractivity contribution < 1.29 is 19.0 Å². The number of carbonyl (C=O) groups excluding carboxylic acids is 1. The maximum Gasteiger partial charge on any atom is 0.256 e. The summed E-state index contributed by atoms with van der Waals surface area (Å²) in [4.78, 5) is 19.3. The number of piperidine rings is 1. The van der Waals surface area contributed by atoms with Crippen molar-refractivity contribution in [1.29, 1.82) is 0 Å². The van der Waals surface area contributed by atoms with Gasteiger partial charge in [0.25, 0.3) is 5.91 Å². The predicted octanol–water partition coefficient (Wildman–Crippen LogP) is 5.01. The van der Waals surface area contributed by atoms with Crippen LogP contribution in [0.3, 0.4) is 0 Å². The van der Waals surface area contributed by atoms with E-state index >= 15 is 0 Å². The van der Waals surface area contributed by atoms with Crippen molar-refractivity contribution in [2.45, 2.75) is 29.5 Å². The Labute approximate surface area is 217 Å². The predicted molar refractivity (Wildman–Crippen MR) is 140 cm³/mol. The molecule has 6 nitrogen and oxygen atoms in total. The fraction of sp³-hybridized carbons (Fsp3) is 0.423. The number of hydrogen-bond donors (Lipinski definition) is 1. The molecule has 1 amide bonds. The van der Waals surface area contributed by atoms with E-state index in [0.29, 0.717) is 34.9 Å². The highest BCUT2D eigenvalue weighted by Gasteiger charge is 2.31. The monoisotopic (exact) mass is 561 g/mol. The normalized spacial score (nSPS) is 17.9. The van der Waals surface area contributed by atoms with Gasteiger partial charge in [0.05, 0.1) is 28.8 Å². The average molecular weight is 563 g/mol. The Balaban J connectivity index is 1.42. The molecule has 35 heavy (non-hydrogen) atoms. The molecule has 5 rings (SSSR count). The van der Waals surface area contributed by atoms with Crippen molar-refractivity contribution in [2.24, 2.45) is 7.05 Å². The lowest BCUT2D eigenvalue weighted by Crippen LogP contribution is -2.50. The zero-order valence-corrected chi connectivity index (χ0v) is 22.1. The molecule has 2 saturated heterocycles. The van der Waals surface area contributed by atoms with E-state index in [1.54, 1.807) is 30.0 Å². The zero-order valence-electron chi connectivity index (χ0n) is 19.7. The van der Waals surface area contributed by atoms with Gasteiger partial charge in [0.2, 0.25) is 0 Å². The topological polar surface area (TPSA) is 57.9 Å². The molecule has 9 heteroatoms. The molecule has 3 heterocycles. The molecule has 186 valence electrons. The van der Waals surface area contributed by atoms with Crippen molar-refractivity contribution in [3.05, 3.63) is 57.9 Å². The van der Waals surface area contributed by atoms with Gasteiger partial charge in [-0.3, -0.25) is 9.69 Å². The Hall–Kier alpha value is -2.07. The van der Waals surface area contributed by atoms with E-state index in [2.05, 4.69) is 20.8 Å². The number of hydrogen-bond acceptors (Lipinski definition) is 5. The molecular weight excluding hydrogens is 533 g/mol. The number of thioether (sulfide) groups is 1. The van der Waals surface area contributed by atoms with Crippen LogP contribution >= 0.6 is 27.7 Å². The van der Waals surface area contributed by atoms with E-state index in [-0.39, 0.29) is 17.5 Å². The number of morpholine rings is 1. The fourth-order valence-corrected chi connectivity index (χ4v) is 6.42. The summed E-state index contributed by atoms with van der Waals surface area (Å²) in [5.41, 5.74) is 2.42. The van der Waals surface area contributed by atoms with Crippen LogP contribution in [0.25, 0.3) is 10.9 Å². The highest BCUT2D eigenvalue weighted by atomic mass is 79.9. The van der Waals surface area contributed by atoms with Gasteiger partial charge in [-0.25, -0.2) is 4.39 Å². The van der Waals surface area contributed by atoms with Gasteiger partial charge >= 0.3 is 0 Å². The third-order valence-corrected chi connectivity index (χ3v) is 8.76. The molecule has 0 bridgehead atoms. The molecule has 2 fully saturated rings. The summed E-state index contributed by atoms with van der Waals surface area (Å²) < 4.78 is 21.5. The summed E-state index contributed by atoms with van der Waals surface area (Å²) in [7, 11) is 1.95. The van der Waals surface area contributed by atoms with Gasteiger partial charge in [0.15, 0.2) is 0 Å². The van der Waals surface area contributed by atoms with Crippen LogP contribution in [-0.4, -0.2) is 70.8 Å². The molecule has 0 radical (unpaired) electrons. The number of nitrogens with zero attached hydrogens (tertiary/aromatic N) is 3. The van der Waals surface area contributed by atoms with E-state index in [1.165, 1.54) is 12.1 Å². The minimum absolute atomic E-state index is 0.00690. The van der Waals surface area contributed by atoms with Crippen LogP contribution in [0.1, 0.15) is 28.9 Å². The molecule has 0 atom stereocenters. The van der Waals surface area contributed by atoms with E-state index in [9.17, 15) is 14.3 Å². The molecule has 2 aliphatic rings. The summed E-state index contributed by atoms with van der Waals surface area (Å²) in [6, 6.07) is 10.4. The van der Waals surface area contributed by atoms with Crippen LogP contribution in [0.5, 0.6) is 5.75 Å². The Morgan fingerprint density at radius 2 is 1.83 bits per heavy atom. The molecule has 0 aliphatic carbocycles. The maximum absolute atomic E-state index is 13.9. The standard InChI is InChI=1S/C26H29BrFN3O3S/c1-29-22-15-21(27)24(32)14-20(22)25(23(29)16-35-19-4-2-17(28)3-5-19)26(33)31-8-6-18(7-9-31)30-10-12-34-13-11-30/h2-5,14-15,18,32H,6-13,16H2,1H3. The van der Waals surface area contributed by atoms with Crippen molar-refractivity contribution in [3.8, 4) is 5.75 Å².